The van der Waals surface area contributed by atoms with E-state index in [0.717, 1.165) is 26.7 Å². The van der Waals surface area contributed by atoms with Crippen LogP contribution in [0.2, 0.25) is 0 Å². The Balaban J connectivity index is 1.69. The first-order valence-corrected chi connectivity index (χ1v) is 16.8. The zero-order valence-corrected chi connectivity index (χ0v) is 28.1. The van der Waals surface area contributed by atoms with Gasteiger partial charge in [-0.15, -0.1) is 0 Å². The van der Waals surface area contributed by atoms with Crippen LogP contribution in [0.4, 0.5) is 5.82 Å². The molecule has 0 saturated carbocycles. The number of nitrogen functional groups attached to an aromatic ring is 1. The van der Waals surface area contributed by atoms with Gasteiger partial charge in [0.15, 0.2) is 18.0 Å². The number of anilines is 1. The van der Waals surface area contributed by atoms with Gasteiger partial charge in [-0.05, 0) is 37.1 Å². The molecular formula is C31H39N6O10P. The van der Waals surface area contributed by atoms with E-state index in [4.69, 9.17) is 33.7 Å². The molecule has 0 aliphatic carbocycles. The van der Waals surface area contributed by atoms with Gasteiger partial charge in [-0.1, -0.05) is 44.9 Å². The molecule has 1 saturated heterocycles. The lowest BCUT2D eigenvalue weighted by Crippen LogP contribution is -2.49. The van der Waals surface area contributed by atoms with Gasteiger partial charge >= 0.3 is 25.7 Å². The molecule has 258 valence electrons. The number of ether oxygens (including phenoxy) is 4. The third kappa shape index (κ3) is 8.29. The van der Waals surface area contributed by atoms with E-state index < -0.39 is 62.2 Å². The van der Waals surface area contributed by atoms with Gasteiger partial charge in [-0.25, -0.2) is 14.1 Å². The van der Waals surface area contributed by atoms with Gasteiger partial charge in [0.2, 0.25) is 5.60 Å². The summed E-state index contributed by atoms with van der Waals surface area (Å²) in [5, 5.41) is 17.4. The Labute approximate surface area is 277 Å². The van der Waals surface area contributed by atoms with Crippen molar-refractivity contribution in [1.82, 2.24) is 19.7 Å². The molecule has 0 spiro atoms. The number of nitrogens with zero attached hydrogens (tertiary/aromatic N) is 4. The summed E-state index contributed by atoms with van der Waals surface area (Å²) < 4.78 is 50.0. The minimum Gasteiger partial charge on any atom is -0.464 e. The highest BCUT2D eigenvalue weighted by atomic mass is 31.2. The Kier molecular flexibility index (Phi) is 11.8. The van der Waals surface area contributed by atoms with E-state index in [2.05, 4.69) is 15.2 Å². The second kappa shape index (κ2) is 15.6. The van der Waals surface area contributed by atoms with E-state index >= 15 is 0 Å². The van der Waals surface area contributed by atoms with Crippen molar-refractivity contribution in [3.05, 3.63) is 54.5 Å². The van der Waals surface area contributed by atoms with Crippen LogP contribution in [0.3, 0.4) is 0 Å². The van der Waals surface area contributed by atoms with Crippen molar-refractivity contribution in [2.24, 2.45) is 5.92 Å². The molecule has 3 aromatic rings. The SMILES string of the molecule is CCC(CC)COC(=O)[C@H](C)N[P@](=O)(OC[C@@]1(C#N)O[C@@H](c2ccc3c(N)ncnn23)[C@H](OC(C)=O)[C@@H]1OC(C)=O)Oc1ccccc1. The molecule has 3 N–H and O–H groups in total. The third-order valence-electron chi connectivity index (χ3n) is 7.72. The fraction of sp³-hybridized carbons (Fsp3) is 0.484. The number of nitrogens with two attached hydrogens (primary N) is 1. The summed E-state index contributed by atoms with van der Waals surface area (Å²) in [7, 11) is -4.53. The Hall–Kier alpha value is -4.55. The molecule has 0 amide bonds. The predicted molar refractivity (Wildman–Crippen MR) is 169 cm³/mol. The maximum absolute atomic E-state index is 14.3. The first kappa shape index (κ1) is 36.3. The number of nitrogens with one attached hydrogen (secondary N) is 1. The Morgan fingerprint density at radius 1 is 1.12 bits per heavy atom. The van der Waals surface area contributed by atoms with Crippen LogP contribution in [0.15, 0.2) is 48.8 Å². The number of fused-ring (bicyclic) bond motifs is 1. The van der Waals surface area contributed by atoms with Crippen molar-refractivity contribution < 1.29 is 46.9 Å². The number of benzene rings is 1. The van der Waals surface area contributed by atoms with Crippen molar-refractivity contribution in [3.63, 3.8) is 0 Å². The van der Waals surface area contributed by atoms with Crippen LogP contribution in [0.25, 0.3) is 5.52 Å². The first-order chi connectivity index (χ1) is 22.8. The van der Waals surface area contributed by atoms with Crippen LogP contribution in [-0.2, 0) is 42.4 Å². The van der Waals surface area contributed by atoms with Crippen LogP contribution in [0.5, 0.6) is 5.75 Å². The van der Waals surface area contributed by atoms with Gasteiger partial charge in [-0.3, -0.25) is 18.9 Å². The van der Waals surface area contributed by atoms with Gasteiger partial charge < -0.3 is 29.2 Å². The van der Waals surface area contributed by atoms with Gasteiger partial charge in [0.1, 0.15) is 42.4 Å². The molecule has 4 rings (SSSR count). The van der Waals surface area contributed by atoms with Crippen molar-refractivity contribution in [2.45, 2.75) is 77.4 Å². The fourth-order valence-corrected chi connectivity index (χ4v) is 6.65. The average Bonchev–Trinajstić information content (AvgIpc) is 3.60. The molecule has 48 heavy (non-hydrogen) atoms. The summed E-state index contributed by atoms with van der Waals surface area (Å²) in [4.78, 5) is 41.5. The lowest BCUT2D eigenvalue weighted by atomic mass is 9.95. The van der Waals surface area contributed by atoms with Crippen molar-refractivity contribution in [2.75, 3.05) is 18.9 Å². The molecule has 6 atom stereocenters. The Bertz CT molecular complexity index is 1690. The van der Waals surface area contributed by atoms with E-state index in [1.807, 2.05) is 19.9 Å². The molecule has 3 heterocycles. The highest BCUT2D eigenvalue weighted by Crippen LogP contribution is 2.49. The molecule has 1 aromatic carbocycles. The Morgan fingerprint density at radius 3 is 2.44 bits per heavy atom. The molecule has 1 aliphatic rings. The van der Waals surface area contributed by atoms with Crippen LogP contribution in [0.1, 0.15) is 59.3 Å². The van der Waals surface area contributed by atoms with Gasteiger partial charge in [0.25, 0.3) is 0 Å². The zero-order valence-electron chi connectivity index (χ0n) is 27.2. The van der Waals surface area contributed by atoms with E-state index in [1.165, 1.54) is 29.9 Å². The molecule has 0 radical (unpaired) electrons. The van der Waals surface area contributed by atoms with Gasteiger partial charge in [0.05, 0.1) is 12.3 Å². The van der Waals surface area contributed by atoms with Crippen LogP contribution in [-0.4, -0.2) is 69.6 Å². The van der Waals surface area contributed by atoms with Crippen molar-refractivity contribution in [1.29, 1.82) is 5.26 Å². The van der Waals surface area contributed by atoms with Gasteiger partial charge in [0, 0.05) is 13.8 Å². The van der Waals surface area contributed by atoms with E-state index in [9.17, 15) is 24.2 Å². The summed E-state index contributed by atoms with van der Waals surface area (Å²) in [6, 6.07) is 12.0. The summed E-state index contributed by atoms with van der Waals surface area (Å²) in [5.41, 5.74) is 4.44. The quantitative estimate of drug-likeness (QED) is 0.132. The zero-order chi connectivity index (χ0) is 35.1. The van der Waals surface area contributed by atoms with E-state index in [-0.39, 0.29) is 29.8 Å². The van der Waals surface area contributed by atoms with Crippen LogP contribution in [0, 0.1) is 17.2 Å². The molecular weight excluding hydrogens is 647 g/mol. The number of hydrogen-bond acceptors (Lipinski definition) is 14. The molecule has 1 aliphatic heterocycles. The van der Waals surface area contributed by atoms with Crippen molar-refractivity contribution >= 4 is 37.0 Å². The summed E-state index contributed by atoms with van der Waals surface area (Å²) >= 11 is 0. The number of carbonyl (C=O) groups is 3. The molecule has 1 fully saturated rings. The standard InChI is InChI=1S/C31H39N6O10P/c1-6-22(7-2)15-42-30(40)19(3)36-48(41,47-23-11-9-8-10-12-23)43-17-31(16-32)28(45-21(5)39)27(44-20(4)38)26(46-31)24-13-14-25-29(33)34-18-35-37(24)25/h8-14,18-19,22,26-28H,6-7,15,17H2,1-5H3,(H,36,41)(H2,33,34,35)/t19-,26-,27-,28-,31+,48-/m0/s1. The van der Waals surface area contributed by atoms with Crippen LogP contribution >= 0.6 is 7.75 Å². The third-order valence-corrected chi connectivity index (χ3v) is 9.34. The first-order valence-electron chi connectivity index (χ1n) is 15.3. The highest BCUT2D eigenvalue weighted by molar-refractivity contribution is 7.52. The second-order valence-electron chi connectivity index (χ2n) is 11.2. The summed E-state index contributed by atoms with van der Waals surface area (Å²) in [5.74, 6) is -1.89. The minimum atomic E-state index is -4.53. The summed E-state index contributed by atoms with van der Waals surface area (Å²) in [6.45, 7) is 6.95. The lowest BCUT2D eigenvalue weighted by molar-refractivity contribution is -0.166. The fourth-order valence-electron chi connectivity index (χ4n) is 5.13. The number of para-hydroxylation sites is 1. The maximum Gasteiger partial charge on any atom is 0.459 e. The van der Waals surface area contributed by atoms with Crippen LogP contribution < -0.4 is 15.3 Å². The number of rotatable bonds is 15. The average molecular weight is 687 g/mol. The lowest BCUT2D eigenvalue weighted by Gasteiger charge is -2.30. The second-order valence-corrected chi connectivity index (χ2v) is 12.9. The number of hydrogen-bond donors (Lipinski definition) is 2. The Morgan fingerprint density at radius 2 is 1.81 bits per heavy atom. The topological polar surface area (TPSA) is 216 Å². The summed E-state index contributed by atoms with van der Waals surface area (Å²) in [6.07, 6.45) is -1.44. The van der Waals surface area contributed by atoms with Gasteiger partial charge in [-0.2, -0.15) is 15.4 Å². The molecule has 0 unspecified atom stereocenters. The van der Waals surface area contributed by atoms with E-state index in [1.54, 1.807) is 30.3 Å². The number of aromatic nitrogens is 3. The molecule has 16 nitrogen and oxygen atoms in total. The number of esters is 3. The largest absolute Gasteiger partial charge is 0.464 e. The highest BCUT2D eigenvalue weighted by Gasteiger charge is 2.62. The monoisotopic (exact) mass is 686 g/mol. The van der Waals surface area contributed by atoms with E-state index in [0.29, 0.717) is 5.52 Å². The van der Waals surface area contributed by atoms with Crippen molar-refractivity contribution in [3.8, 4) is 11.8 Å². The number of nitriles is 1. The molecule has 2 aromatic heterocycles. The normalized spacial score (nSPS) is 22.4. The maximum atomic E-state index is 14.3. The predicted octanol–water partition coefficient (Wildman–Crippen LogP) is 3.67. The molecule has 17 heteroatoms. The number of carbonyl (C=O) groups excluding carboxylic acids is 3. The molecule has 0 bridgehead atoms. The minimum absolute atomic E-state index is 0.119. The smallest absolute Gasteiger partial charge is 0.459 e.